The van der Waals surface area contributed by atoms with Crippen LogP contribution in [0.4, 0.5) is 11.4 Å². The van der Waals surface area contributed by atoms with Crippen molar-refractivity contribution >= 4 is 23.1 Å². The number of ketones is 1. The number of nitro groups is 1. The van der Waals surface area contributed by atoms with E-state index >= 15 is 0 Å². The van der Waals surface area contributed by atoms with Gasteiger partial charge in [-0.15, -0.1) is 0 Å². The van der Waals surface area contributed by atoms with Crippen LogP contribution in [0.5, 0.6) is 0 Å². The molecular formula is C21H16N2O4. The molecule has 0 aliphatic carbocycles. The van der Waals surface area contributed by atoms with Gasteiger partial charge in [-0.1, -0.05) is 48.5 Å². The van der Waals surface area contributed by atoms with Gasteiger partial charge in [0.05, 0.1) is 10.6 Å². The van der Waals surface area contributed by atoms with Crippen molar-refractivity contribution in [2.75, 3.05) is 5.32 Å². The highest BCUT2D eigenvalue weighted by Crippen LogP contribution is 2.23. The van der Waals surface area contributed by atoms with Gasteiger partial charge in [0.1, 0.15) is 0 Å². The maximum Gasteiger partial charge on any atom is 0.273 e. The number of hydrogen-bond acceptors (Lipinski definition) is 4. The van der Waals surface area contributed by atoms with Crippen LogP contribution in [0.1, 0.15) is 31.8 Å². The highest BCUT2D eigenvalue weighted by Gasteiger charge is 2.18. The van der Waals surface area contributed by atoms with Gasteiger partial charge in [-0.25, -0.2) is 0 Å². The van der Waals surface area contributed by atoms with Crippen molar-refractivity contribution in [1.29, 1.82) is 0 Å². The Balaban J connectivity index is 1.91. The summed E-state index contributed by atoms with van der Waals surface area (Å²) in [5, 5.41) is 13.8. The SMILES string of the molecule is Cc1ccc(C(=O)Nc2ccccc2C(=O)c2ccccc2)cc1[N+](=O)[O-]. The van der Waals surface area contributed by atoms with Crippen molar-refractivity contribution in [1.82, 2.24) is 0 Å². The Morgan fingerprint density at radius 2 is 1.56 bits per heavy atom. The molecular weight excluding hydrogens is 344 g/mol. The largest absolute Gasteiger partial charge is 0.321 e. The highest BCUT2D eigenvalue weighted by molar-refractivity contribution is 6.15. The quantitative estimate of drug-likeness (QED) is 0.415. The van der Waals surface area contributed by atoms with E-state index in [-0.39, 0.29) is 17.0 Å². The van der Waals surface area contributed by atoms with E-state index in [4.69, 9.17) is 0 Å². The van der Waals surface area contributed by atoms with E-state index in [1.807, 2.05) is 6.07 Å². The van der Waals surface area contributed by atoms with Crippen LogP contribution in [0, 0.1) is 17.0 Å². The zero-order valence-electron chi connectivity index (χ0n) is 14.5. The molecule has 0 aliphatic heterocycles. The summed E-state index contributed by atoms with van der Waals surface area (Å²) in [4.78, 5) is 35.9. The maximum atomic E-state index is 12.7. The predicted molar refractivity (Wildman–Crippen MR) is 102 cm³/mol. The fourth-order valence-corrected chi connectivity index (χ4v) is 2.68. The molecule has 134 valence electrons. The summed E-state index contributed by atoms with van der Waals surface area (Å²) in [5.74, 6) is -0.743. The molecule has 3 aromatic rings. The first-order valence-corrected chi connectivity index (χ1v) is 8.22. The van der Waals surface area contributed by atoms with Crippen molar-refractivity contribution < 1.29 is 14.5 Å². The lowest BCUT2D eigenvalue weighted by Gasteiger charge is -2.11. The van der Waals surface area contributed by atoms with Gasteiger partial charge in [0.25, 0.3) is 11.6 Å². The zero-order valence-corrected chi connectivity index (χ0v) is 14.5. The van der Waals surface area contributed by atoms with Crippen LogP contribution >= 0.6 is 0 Å². The molecule has 3 rings (SSSR count). The van der Waals surface area contributed by atoms with Gasteiger partial charge in [-0.05, 0) is 25.1 Å². The second-order valence-corrected chi connectivity index (χ2v) is 5.95. The Morgan fingerprint density at radius 3 is 2.26 bits per heavy atom. The topological polar surface area (TPSA) is 89.3 Å². The molecule has 0 atom stereocenters. The lowest BCUT2D eigenvalue weighted by atomic mass is 10.0. The Morgan fingerprint density at radius 1 is 0.889 bits per heavy atom. The number of nitrogens with one attached hydrogen (secondary N) is 1. The lowest BCUT2D eigenvalue weighted by molar-refractivity contribution is -0.385. The summed E-state index contributed by atoms with van der Waals surface area (Å²) in [6, 6.07) is 19.7. The number of carbonyl (C=O) groups is 2. The smallest absolute Gasteiger partial charge is 0.273 e. The van der Waals surface area contributed by atoms with E-state index in [9.17, 15) is 19.7 Å². The molecule has 1 amide bonds. The molecule has 6 nitrogen and oxygen atoms in total. The summed E-state index contributed by atoms with van der Waals surface area (Å²) in [7, 11) is 0. The van der Waals surface area contributed by atoms with Gasteiger partial charge in [0, 0.05) is 28.3 Å². The van der Waals surface area contributed by atoms with Crippen LogP contribution in [0.2, 0.25) is 0 Å². The molecule has 0 bridgehead atoms. The second-order valence-electron chi connectivity index (χ2n) is 5.95. The van der Waals surface area contributed by atoms with Gasteiger partial charge in [-0.2, -0.15) is 0 Å². The van der Waals surface area contributed by atoms with Crippen LogP contribution in [0.3, 0.4) is 0 Å². The van der Waals surface area contributed by atoms with Crippen LogP contribution in [-0.4, -0.2) is 16.6 Å². The molecule has 0 radical (unpaired) electrons. The Bertz CT molecular complexity index is 1030. The minimum absolute atomic E-state index is 0.128. The number of para-hydroxylation sites is 1. The number of benzene rings is 3. The molecule has 3 aromatic carbocycles. The van der Waals surface area contributed by atoms with Crippen molar-refractivity contribution in [3.8, 4) is 0 Å². The van der Waals surface area contributed by atoms with Gasteiger partial charge in [0.2, 0.25) is 0 Å². The summed E-state index contributed by atoms with van der Waals surface area (Å²) < 4.78 is 0. The Labute approximate surface area is 155 Å². The van der Waals surface area contributed by atoms with E-state index in [1.165, 1.54) is 18.2 Å². The van der Waals surface area contributed by atoms with E-state index in [0.29, 0.717) is 22.4 Å². The third-order valence-corrected chi connectivity index (χ3v) is 4.12. The van der Waals surface area contributed by atoms with Crippen molar-refractivity contribution in [3.05, 3.63) is 105 Å². The molecule has 27 heavy (non-hydrogen) atoms. The summed E-state index contributed by atoms with van der Waals surface area (Å²) in [5.41, 5.74) is 1.69. The molecule has 0 fully saturated rings. The number of hydrogen-bond donors (Lipinski definition) is 1. The number of nitro benzene ring substituents is 1. The third kappa shape index (κ3) is 3.90. The van der Waals surface area contributed by atoms with Crippen molar-refractivity contribution in [2.24, 2.45) is 0 Å². The number of nitrogens with zero attached hydrogens (tertiary/aromatic N) is 1. The minimum atomic E-state index is -0.529. The normalized spacial score (nSPS) is 10.3. The van der Waals surface area contributed by atoms with Crippen LogP contribution in [0.15, 0.2) is 72.8 Å². The molecule has 0 spiro atoms. The van der Waals surface area contributed by atoms with E-state index < -0.39 is 10.8 Å². The molecule has 0 saturated heterocycles. The number of carbonyl (C=O) groups excluding carboxylic acids is 2. The Kier molecular flexibility index (Phi) is 5.08. The van der Waals surface area contributed by atoms with Crippen LogP contribution < -0.4 is 5.32 Å². The number of aryl methyl sites for hydroxylation is 1. The van der Waals surface area contributed by atoms with Gasteiger partial charge in [0.15, 0.2) is 5.78 Å². The molecule has 0 aliphatic rings. The summed E-state index contributed by atoms with van der Waals surface area (Å²) in [6.07, 6.45) is 0. The average molecular weight is 360 g/mol. The molecule has 6 heteroatoms. The average Bonchev–Trinajstić information content (AvgIpc) is 2.68. The molecule has 0 saturated carbocycles. The van der Waals surface area contributed by atoms with Gasteiger partial charge < -0.3 is 5.32 Å². The lowest BCUT2D eigenvalue weighted by Crippen LogP contribution is -2.15. The summed E-state index contributed by atoms with van der Waals surface area (Å²) >= 11 is 0. The maximum absolute atomic E-state index is 12.7. The van der Waals surface area contributed by atoms with Crippen LogP contribution in [-0.2, 0) is 0 Å². The first-order chi connectivity index (χ1) is 13.0. The molecule has 0 aromatic heterocycles. The fourth-order valence-electron chi connectivity index (χ4n) is 2.68. The van der Waals surface area contributed by atoms with E-state index in [0.717, 1.165) is 0 Å². The predicted octanol–water partition coefficient (Wildman–Crippen LogP) is 4.39. The second kappa shape index (κ2) is 7.61. The van der Waals surface area contributed by atoms with Crippen molar-refractivity contribution in [3.63, 3.8) is 0 Å². The van der Waals surface area contributed by atoms with E-state index in [1.54, 1.807) is 55.5 Å². The highest BCUT2D eigenvalue weighted by atomic mass is 16.6. The molecule has 1 N–H and O–H groups in total. The Hall–Kier alpha value is -3.80. The first kappa shape index (κ1) is 18.0. The zero-order chi connectivity index (χ0) is 19.4. The van der Waals surface area contributed by atoms with Crippen LogP contribution in [0.25, 0.3) is 0 Å². The van der Waals surface area contributed by atoms with Crippen molar-refractivity contribution in [2.45, 2.75) is 6.92 Å². The number of anilines is 1. The minimum Gasteiger partial charge on any atom is -0.321 e. The monoisotopic (exact) mass is 360 g/mol. The van der Waals surface area contributed by atoms with E-state index in [2.05, 4.69) is 5.32 Å². The fraction of sp³-hybridized carbons (Fsp3) is 0.0476. The van der Waals surface area contributed by atoms with Gasteiger partial charge in [-0.3, -0.25) is 19.7 Å². The molecule has 0 unspecified atom stereocenters. The standard InChI is InChI=1S/C21H16N2O4/c1-14-11-12-16(13-19(14)23(26)27)21(25)22-18-10-6-5-9-17(18)20(24)15-7-3-2-4-8-15/h2-13H,1H3,(H,22,25). The molecule has 0 heterocycles. The summed E-state index contributed by atoms with van der Waals surface area (Å²) in [6.45, 7) is 1.60. The number of amides is 1. The number of rotatable bonds is 5. The van der Waals surface area contributed by atoms with Gasteiger partial charge >= 0.3 is 0 Å². The first-order valence-electron chi connectivity index (χ1n) is 8.22. The third-order valence-electron chi connectivity index (χ3n) is 4.12.